The van der Waals surface area contributed by atoms with Crippen molar-refractivity contribution in [1.29, 1.82) is 5.26 Å². The topological polar surface area (TPSA) is 65.7 Å². The van der Waals surface area contributed by atoms with E-state index in [0.717, 1.165) is 68.4 Å². The highest BCUT2D eigenvalue weighted by Crippen LogP contribution is 2.35. The molecule has 3 rings (SSSR count). The molecule has 0 amide bonds. The van der Waals surface area contributed by atoms with Crippen molar-refractivity contribution in [2.75, 3.05) is 20.2 Å². The third-order valence-electron chi connectivity index (χ3n) is 11.3. The van der Waals surface area contributed by atoms with Crippen LogP contribution in [0.1, 0.15) is 128 Å². The molecule has 0 bridgehead atoms. The molecule has 1 aliphatic heterocycles. The minimum absolute atomic E-state index is 0.0772. The van der Waals surface area contributed by atoms with Crippen molar-refractivity contribution >= 4 is 29.1 Å². The fraction of sp³-hybridized carbons (Fsp3) is 0.500. The number of hydrogen-bond donors (Lipinski definition) is 0. The summed E-state index contributed by atoms with van der Waals surface area (Å²) in [5, 5.41) is 11.2. The highest BCUT2D eigenvalue weighted by atomic mass is 32.2. The first kappa shape index (κ1) is 49.2. The zero-order valence-corrected chi connectivity index (χ0v) is 37.6. The van der Waals surface area contributed by atoms with E-state index in [9.17, 15) is 9.18 Å². The van der Waals surface area contributed by atoms with E-state index in [0.29, 0.717) is 46.9 Å². The summed E-state index contributed by atoms with van der Waals surface area (Å²) in [4.78, 5) is 21.2. The third-order valence-corrected chi connectivity index (χ3v) is 12.4. The van der Waals surface area contributed by atoms with Crippen molar-refractivity contribution < 1.29 is 13.9 Å². The number of benzene rings is 2. The van der Waals surface area contributed by atoms with Crippen LogP contribution in [0.2, 0.25) is 0 Å². The molecular weight excluding hydrogens is 726 g/mol. The quantitative estimate of drug-likeness (QED) is 0.0854. The number of esters is 1. The Hall–Kier alpha value is -3.99. The summed E-state index contributed by atoms with van der Waals surface area (Å²) in [5.41, 5.74) is 6.99. The van der Waals surface area contributed by atoms with Gasteiger partial charge in [-0.2, -0.15) is 5.26 Å². The highest BCUT2D eigenvalue weighted by molar-refractivity contribution is 8.05. The number of allylic oxidation sites excluding steroid dienone is 8. The highest BCUT2D eigenvalue weighted by Gasteiger charge is 2.30. The van der Waals surface area contributed by atoms with Gasteiger partial charge in [-0.15, -0.1) is 11.8 Å². The van der Waals surface area contributed by atoms with Crippen molar-refractivity contribution in [3.05, 3.63) is 123 Å². The van der Waals surface area contributed by atoms with Crippen LogP contribution in [-0.2, 0) is 11.2 Å². The molecule has 0 saturated carbocycles. The van der Waals surface area contributed by atoms with Gasteiger partial charge >= 0.3 is 5.97 Å². The lowest BCUT2D eigenvalue weighted by molar-refractivity contribution is 0.0600. The van der Waals surface area contributed by atoms with Crippen molar-refractivity contribution in [2.45, 2.75) is 120 Å². The fourth-order valence-electron chi connectivity index (χ4n) is 6.90. The largest absolute Gasteiger partial charge is 0.465 e. The van der Waals surface area contributed by atoms with E-state index in [2.05, 4.69) is 110 Å². The van der Waals surface area contributed by atoms with Gasteiger partial charge in [0.2, 0.25) is 0 Å². The number of halogens is 1. The number of methoxy groups -OCH3 is 1. The number of hydrogen-bond acceptors (Lipinski definition) is 6. The average Bonchev–Trinajstić information content (AvgIpc) is 3.22. The Morgan fingerprint density at radius 1 is 1.11 bits per heavy atom. The molecule has 5 atom stereocenters. The Bertz CT molecular complexity index is 1800. The predicted octanol–water partition coefficient (Wildman–Crippen LogP) is 13.9. The first-order valence-electron chi connectivity index (χ1n) is 21.0. The molecule has 1 fully saturated rings. The van der Waals surface area contributed by atoms with E-state index >= 15 is 0 Å². The molecule has 2 aromatic rings. The molecule has 7 heteroatoms. The second-order valence-corrected chi connectivity index (χ2v) is 16.4. The van der Waals surface area contributed by atoms with Gasteiger partial charge in [0.25, 0.3) is 0 Å². The monoisotopic (exact) mass is 796 g/mol. The van der Waals surface area contributed by atoms with E-state index in [1.165, 1.54) is 29.4 Å². The molecule has 0 aliphatic carbocycles. The fourth-order valence-corrected chi connectivity index (χ4v) is 7.67. The molecule has 0 radical (unpaired) electrons. The maximum Gasteiger partial charge on any atom is 0.337 e. The summed E-state index contributed by atoms with van der Waals surface area (Å²) < 4.78 is 19.4. The van der Waals surface area contributed by atoms with Crippen LogP contribution < -0.4 is 0 Å². The number of nitriles is 1. The van der Waals surface area contributed by atoms with Gasteiger partial charge in [0, 0.05) is 18.3 Å². The number of aryl methyl sites for hydroxylation is 1. The molecule has 5 nitrogen and oxygen atoms in total. The van der Waals surface area contributed by atoms with Gasteiger partial charge in [0.05, 0.1) is 30.0 Å². The zero-order valence-electron chi connectivity index (χ0n) is 36.8. The minimum Gasteiger partial charge on any atom is -0.465 e. The average molecular weight is 796 g/mol. The van der Waals surface area contributed by atoms with Gasteiger partial charge in [-0.05, 0) is 148 Å². The van der Waals surface area contributed by atoms with E-state index in [1.807, 2.05) is 36.9 Å². The normalized spacial score (nSPS) is 18.5. The van der Waals surface area contributed by atoms with Crippen LogP contribution >= 0.6 is 11.8 Å². The number of thioether (sulfide) groups is 1. The number of carbonyl (C=O) groups is 1. The molecule has 1 heterocycles. The minimum atomic E-state index is -0.334. The lowest BCUT2D eigenvalue weighted by Crippen LogP contribution is -2.45. The first-order chi connectivity index (χ1) is 27.3. The van der Waals surface area contributed by atoms with Crippen molar-refractivity contribution in [2.24, 2.45) is 28.7 Å². The smallest absolute Gasteiger partial charge is 0.337 e. The predicted molar refractivity (Wildman–Crippen MR) is 244 cm³/mol. The number of piperidine rings is 1. The number of likely N-dealkylation sites (tertiary alicyclic amines) is 1. The number of carbonyl (C=O) groups excluding carboxylic acids is 1. The Balaban J connectivity index is 0.000000984. The van der Waals surface area contributed by atoms with Gasteiger partial charge in [0.1, 0.15) is 5.82 Å². The molecule has 1 saturated heterocycles. The molecule has 0 N–H and O–H groups in total. The molecule has 57 heavy (non-hydrogen) atoms. The van der Waals surface area contributed by atoms with Crippen LogP contribution in [-0.4, -0.2) is 42.8 Å². The van der Waals surface area contributed by atoms with Crippen molar-refractivity contribution in [3.8, 4) is 6.07 Å². The standard InChI is InChI=1S/C41H54FN3O2.C9H16S/c1-10-27(3)37(14-12-13-29(5)30(6)21-35-16-15-33(25-43)24-38(35)42)34-19-20-45(32(8)23-34)26-40(28(4)11-2)44-39-18-17-36(22-31(39)7)41(46)47-9;1-4-7-8-10-9(5-2)6-3/h12-18,22,24,27-28,30,32,34H,5,10-11,19-21,23,26H2,1-4,6-9H3;5,7-8H,4,6H2,1-3H3/b13-12-,37-14+,44-40?;8-7+,9-5-. The third kappa shape index (κ3) is 16.1. The van der Waals surface area contributed by atoms with Crippen LogP contribution in [0.4, 0.5) is 10.1 Å². The number of aliphatic imine (C=N–C) groups is 1. The van der Waals surface area contributed by atoms with E-state index in [1.54, 1.807) is 18.2 Å². The van der Waals surface area contributed by atoms with Crippen LogP contribution in [0.5, 0.6) is 0 Å². The maximum absolute atomic E-state index is 14.5. The van der Waals surface area contributed by atoms with E-state index < -0.39 is 0 Å². The number of ether oxygens (including phenoxy) is 1. The van der Waals surface area contributed by atoms with Gasteiger partial charge in [-0.25, -0.2) is 9.18 Å². The number of rotatable bonds is 18. The summed E-state index contributed by atoms with van der Waals surface area (Å²) >= 11 is 1.83. The lowest BCUT2D eigenvalue weighted by atomic mass is 9.79. The zero-order chi connectivity index (χ0) is 42.5. The molecule has 0 spiro atoms. The maximum atomic E-state index is 14.5. The van der Waals surface area contributed by atoms with Gasteiger partial charge < -0.3 is 4.74 Å². The second-order valence-electron chi connectivity index (χ2n) is 15.4. The molecule has 2 aromatic carbocycles. The molecule has 310 valence electrons. The van der Waals surface area contributed by atoms with E-state index in [-0.39, 0.29) is 17.7 Å². The number of nitrogens with zero attached hydrogens (tertiary/aromatic N) is 3. The van der Waals surface area contributed by atoms with Gasteiger partial charge in [-0.1, -0.05) is 103 Å². The molecule has 5 unspecified atom stereocenters. The summed E-state index contributed by atoms with van der Waals surface area (Å²) in [6.07, 6.45) is 18.0. The van der Waals surface area contributed by atoms with Crippen LogP contribution in [0.25, 0.3) is 0 Å². The van der Waals surface area contributed by atoms with Crippen LogP contribution in [0.15, 0.2) is 99.8 Å². The van der Waals surface area contributed by atoms with Crippen molar-refractivity contribution in [3.63, 3.8) is 0 Å². The van der Waals surface area contributed by atoms with Gasteiger partial charge in [-0.3, -0.25) is 9.89 Å². The van der Waals surface area contributed by atoms with Crippen LogP contribution in [0.3, 0.4) is 0 Å². The lowest BCUT2D eigenvalue weighted by Gasteiger charge is -2.40. The van der Waals surface area contributed by atoms with Crippen molar-refractivity contribution in [1.82, 2.24) is 4.90 Å². The Kier molecular flexibility index (Phi) is 22.5. The molecule has 1 aliphatic rings. The Morgan fingerprint density at radius 3 is 2.39 bits per heavy atom. The summed E-state index contributed by atoms with van der Waals surface area (Å²) in [7, 11) is 1.40. The summed E-state index contributed by atoms with van der Waals surface area (Å²) in [6, 6.07) is 12.7. The Morgan fingerprint density at radius 2 is 1.82 bits per heavy atom. The van der Waals surface area contributed by atoms with Gasteiger partial charge in [0.15, 0.2) is 0 Å². The first-order valence-corrected chi connectivity index (χ1v) is 21.9. The SMILES string of the molecule is C/C=C(/CC)S/C=C/CC.C=C(/C=C\C=C(/C(C)CC)C1CCN(CC(=Nc2ccc(C(=O)OC)cc2C)C(C)CC)C(C)C1)C(C)Cc1ccc(C#N)cc1F. The molecule has 0 aromatic heterocycles. The van der Waals surface area contributed by atoms with E-state index in [4.69, 9.17) is 15.0 Å². The Labute approximate surface area is 350 Å². The second kappa shape index (κ2) is 26.1. The van der Waals surface area contributed by atoms with Crippen LogP contribution in [0, 0.1) is 47.7 Å². The molecular formula is C50H70FN3O2S. The summed E-state index contributed by atoms with van der Waals surface area (Å²) in [5.74, 6) is 0.752. The summed E-state index contributed by atoms with van der Waals surface area (Å²) in [6.45, 7) is 28.0.